The lowest BCUT2D eigenvalue weighted by molar-refractivity contribution is 0.0752. The Kier molecular flexibility index (Phi) is 3.30. The number of hydrogen-bond donors (Lipinski definition) is 1. The average Bonchev–Trinajstić information content (AvgIpc) is 2.56. The van der Waals surface area contributed by atoms with Crippen molar-refractivity contribution in [1.29, 1.82) is 0 Å². The summed E-state index contributed by atoms with van der Waals surface area (Å²) in [7, 11) is 2.08. The molecule has 0 fully saturated rings. The van der Waals surface area contributed by atoms with Crippen LogP contribution in [0.15, 0.2) is 6.07 Å². The highest BCUT2D eigenvalue weighted by Crippen LogP contribution is 2.36. The summed E-state index contributed by atoms with van der Waals surface area (Å²) in [5.41, 5.74) is 3.50. The van der Waals surface area contributed by atoms with Gasteiger partial charge in [0.05, 0.1) is 11.2 Å². The van der Waals surface area contributed by atoms with Crippen LogP contribution in [0.1, 0.15) is 50.1 Å². The zero-order chi connectivity index (χ0) is 14.5. The second-order valence-corrected chi connectivity index (χ2v) is 6.68. The highest BCUT2D eigenvalue weighted by Gasteiger charge is 2.27. The van der Waals surface area contributed by atoms with Crippen LogP contribution in [0.5, 0.6) is 0 Å². The van der Waals surface area contributed by atoms with Gasteiger partial charge in [0.1, 0.15) is 10.8 Å². The van der Waals surface area contributed by atoms with Crippen molar-refractivity contribution in [2.75, 3.05) is 0 Å². The van der Waals surface area contributed by atoms with Crippen molar-refractivity contribution in [3.8, 4) is 0 Å². The SMILES string of the molecule is Cn1c2c(c3cc(Cl)nc(C(C)(C)O)c31)CCCCC2. The van der Waals surface area contributed by atoms with Crippen molar-refractivity contribution in [2.24, 2.45) is 7.05 Å². The van der Waals surface area contributed by atoms with Crippen LogP contribution in [0.2, 0.25) is 5.15 Å². The van der Waals surface area contributed by atoms with Crippen LogP contribution in [0, 0.1) is 0 Å². The third-order valence-electron chi connectivity index (χ3n) is 4.30. The van der Waals surface area contributed by atoms with Gasteiger partial charge in [-0.25, -0.2) is 4.98 Å². The number of nitrogens with zero attached hydrogens (tertiary/aromatic N) is 2. The smallest absolute Gasteiger partial charge is 0.130 e. The molecule has 0 aromatic carbocycles. The van der Waals surface area contributed by atoms with Crippen molar-refractivity contribution in [1.82, 2.24) is 9.55 Å². The summed E-state index contributed by atoms with van der Waals surface area (Å²) in [6.45, 7) is 3.53. The fourth-order valence-electron chi connectivity index (χ4n) is 3.36. The van der Waals surface area contributed by atoms with Gasteiger partial charge in [0, 0.05) is 18.1 Å². The Morgan fingerprint density at radius 3 is 2.65 bits per heavy atom. The van der Waals surface area contributed by atoms with Crippen LogP contribution in [-0.4, -0.2) is 14.7 Å². The Morgan fingerprint density at radius 2 is 1.95 bits per heavy atom. The molecule has 2 heterocycles. The summed E-state index contributed by atoms with van der Waals surface area (Å²) in [4.78, 5) is 4.39. The number of fused-ring (bicyclic) bond motifs is 3. The van der Waals surface area contributed by atoms with Gasteiger partial charge >= 0.3 is 0 Å². The molecule has 0 aliphatic heterocycles. The molecular formula is C16H21ClN2O. The van der Waals surface area contributed by atoms with Gasteiger partial charge in [0.2, 0.25) is 0 Å². The summed E-state index contributed by atoms with van der Waals surface area (Å²) < 4.78 is 2.21. The van der Waals surface area contributed by atoms with Gasteiger partial charge in [-0.3, -0.25) is 0 Å². The maximum Gasteiger partial charge on any atom is 0.130 e. The number of aliphatic hydroxyl groups is 1. The summed E-state index contributed by atoms with van der Waals surface area (Å²) in [5.74, 6) is 0. The molecule has 3 rings (SSSR count). The second kappa shape index (κ2) is 4.74. The molecule has 0 spiro atoms. The summed E-state index contributed by atoms with van der Waals surface area (Å²) >= 11 is 6.19. The van der Waals surface area contributed by atoms with Crippen molar-refractivity contribution in [3.05, 3.63) is 28.2 Å². The molecule has 108 valence electrons. The third-order valence-corrected chi connectivity index (χ3v) is 4.49. The lowest BCUT2D eigenvalue weighted by Crippen LogP contribution is -2.19. The van der Waals surface area contributed by atoms with Crippen LogP contribution in [0.4, 0.5) is 0 Å². The molecule has 4 heteroatoms. The molecule has 0 atom stereocenters. The van der Waals surface area contributed by atoms with Gasteiger partial charge in [-0.05, 0) is 51.2 Å². The zero-order valence-corrected chi connectivity index (χ0v) is 13.1. The van der Waals surface area contributed by atoms with E-state index in [-0.39, 0.29) is 0 Å². The Morgan fingerprint density at radius 1 is 1.25 bits per heavy atom. The standard InChI is InChI=1S/C16H21ClN2O/c1-16(2,20)15-14-11(9-13(17)18-15)10-7-5-4-6-8-12(10)19(14)3/h9,20H,4-8H2,1-3H3. The largest absolute Gasteiger partial charge is 0.384 e. The number of hydrogen-bond acceptors (Lipinski definition) is 2. The normalized spacial score (nSPS) is 16.2. The molecule has 0 radical (unpaired) electrons. The van der Waals surface area contributed by atoms with Crippen LogP contribution in [-0.2, 0) is 25.5 Å². The summed E-state index contributed by atoms with van der Waals surface area (Å²) in [6.07, 6.45) is 5.94. The Hall–Kier alpha value is -1.06. The fourth-order valence-corrected chi connectivity index (χ4v) is 3.56. The van der Waals surface area contributed by atoms with Crippen molar-refractivity contribution >= 4 is 22.5 Å². The molecular weight excluding hydrogens is 272 g/mol. The van der Waals surface area contributed by atoms with E-state index >= 15 is 0 Å². The maximum atomic E-state index is 10.4. The molecule has 1 N–H and O–H groups in total. The molecule has 1 aliphatic carbocycles. The molecule has 1 aliphatic rings. The van der Waals surface area contributed by atoms with E-state index in [0.717, 1.165) is 18.4 Å². The Bertz CT molecular complexity index is 667. The van der Waals surface area contributed by atoms with Gasteiger partial charge in [0.15, 0.2) is 0 Å². The molecule has 2 aromatic rings. The predicted octanol–water partition coefficient (Wildman–Crippen LogP) is 3.72. The number of aryl methyl sites for hydroxylation is 2. The molecule has 2 aromatic heterocycles. The highest BCUT2D eigenvalue weighted by atomic mass is 35.5. The van der Waals surface area contributed by atoms with Crippen LogP contribution < -0.4 is 0 Å². The third kappa shape index (κ3) is 2.13. The van der Waals surface area contributed by atoms with Gasteiger partial charge in [-0.1, -0.05) is 18.0 Å². The summed E-state index contributed by atoms with van der Waals surface area (Å²) in [6, 6.07) is 1.95. The first kappa shape index (κ1) is 13.9. The Balaban J connectivity index is 2.39. The van der Waals surface area contributed by atoms with E-state index in [1.807, 2.05) is 6.07 Å². The second-order valence-electron chi connectivity index (χ2n) is 6.29. The van der Waals surface area contributed by atoms with Crippen molar-refractivity contribution < 1.29 is 5.11 Å². The van der Waals surface area contributed by atoms with E-state index in [1.54, 1.807) is 13.8 Å². The molecule has 0 saturated carbocycles. The average molecular weight is 293 g/mol. The van der Waals surface area contributed by atoms with Crippen molar-refractivity contribution in [3.63, 3.8) is 0 Å². The quantitative estimate of drug-likeness (QED) is 0.642. The van der Waals surface area contributed by atoms with Gasteiger partial charge in [-0.15, -0.1) is 0 Å². The summed E-state index contributed by atoms with van der Waals surface area (Å²) in [5, 5.41) is 12.1. The molecule has 3 nitrogen and oxygen atoms in total. The first-order valence-electron chi connectivity index (χ1n) is 7.29. The van der Waals surface area contributed by atoms with E-state index in [0.29, 0.717) is 10.8 Å². The fraction of sp³-hybridized carbons (Fsp3) is 0.562. The van der Waals surface area contributed by atoms with Gasteiger partial charge in [0.25, 0.3) is 0 Å². The van der Waals surface area contributed by atoms with Crippen molar-refractivity contribution in [2.45, 2.75) is 51.6 Å². The number of aromatic nitrogens is 2. The minimum absolute atomic E-state index is 0.465. The maximum absolute atomic E-state index is 10.4. The molecule has 0 unspecified atom stereocenters. The van der Waals surface area contributed by atoms with Crippen LogP contribution in [0.25, 0.3) is 10.9 Å². The van der Waals surface area contributed by atoms with Crippen LogP contribution in [0.3, 0.4) is 0 Å². The first-order valence-corrected chi connectivity index (χ1v) is 7.67. The minimum Gasteiger partial charge on any atom is -0.384 e. The lowest BCUT2D eigenvalue weighted by Gasteiger charge is -2.19. The van der Waals surface area contributed by atoms with E-state index in [1.165, 1.54) is 35.9 Å². The number of halogens is 1. The predicted molar refractivity (Wildman–Crippen MR) is 82.2 cm³/mol. The molecule has 20 heavy (non-hydrogen) atoms. The monoisotopic (exact) mass is 292 g/mol. The van der Waals surface area contributed by atoms with Gasteiger partial charge in [-0.2, -0.15) is 0 Å². The lowest BCUT2D eigenvalue weighted by atomic mass is 10.0. The van der Waals surface area contributed by atoms with E-state index in [9.17, 15) is 5.11 Å². The topological polar surface area (TPSA) is 38.0 Å². The molecule has 0 saturated heterocycles. The highest BCUT2D eigenvalue weighted by molar-refractivity contribution is 6.30. The molecule has 0 bridgehead atoms. The zero-order valence-electron chi connectivity index (χ0n) is 12.3. The Labute approximate surface area is 124 Å². The van der Waals surface area contributed by atoms with E-state index in [2.05, 4.69) is 16.6 Å². The van der Waals surface area contributed by atoms with E-state index < -0.39 is 5.60 Å². The van der Waals surface area contributed by atoms with Gasteiger partial charge < -0.3 is 9.67 Å². The van der Waals surface area contributed by atoms with E-state index in [4.69, 9.17) is 11.6 Å². The number of pyridine rings is 1. The first-order chi connectivity index (χ1) is 9.39. The minimum atomic E-state index is -0.992. The molecule has 0 amide bonds. The van der Waals surface area contributed by atoms with Crippen LogP contribution >= 0.6 is 11.6 Å². The number of rotatable bonds is 1.